The van der Waals surface area contributed by atoms with Crippen LogP contribution in [0.4, 0.5) is 5.69 Å². The monoisotopic (exact) mass is 342 g/mol. The summed E-state index contributed by atoms with van der Waals surface area (Å²) >= 11 is 5.50. The third-order valence-electron chi connectivity index (χ3n) is 4.13. The van der Waals surface area contributed by atoms with Crippen molar-refractivity contribution >= 4 is 23.0 Å². The first-order chi connectivity index (χ1) is 11.5. The Morgan fingerprint density at radius 3 is 2.67 bits per heavy atom. The molecule has 1 heterocycles. The molecule has 0 aliphatic carbocycles. The molecule has 0 bridgehead atoms. The van der Waals surface area contributed by atoms with Gasteiger partial charge < -0.3 is 15.5 Å². The van der Waals surface area contributed by atoms with Crippen LogP contribution >= 0.6 is 12.2 Å². The molecule has 1 atom stereocenters. The van der Waals surface area contributed by atoms with Crippen LogP contribution in [-0.2, 0) is 6.42 Å². The smallest absolute Gasteiger partial charge is 0.170 e. The summed E-state index contributed by atoms with van der Waals surface area (Å²) < 4.78 is 0. The Hall–Kier alpha value is -1.98. The highest BCUT2D eigenvalue weighted by Crippen LogP contribution is 2.21. The first-order valence-electron chi connectivity index (χ1n) is 8.22. The van der Waals surface area contributed by atoms with Gasteiger partial charge in [0.05, 0.1) is 6.04 Å². The van der Waals surface area contributed by atoms with Crippen molar-refractivity contribution in [1.82, 2.24) is 15.2 Å². The molecule has 0 saturated heterocycles. The average molecular weight is 343 g/mol. The fraction of sp³-hybridized carbons (Fsp3) is 0.368. The summed E-state index contributed by atoms with van der Waals surface area (Å²) in [5, 5.41) is 7.35. The Morgan fingerprint density at radius 1 is 1.25 bits per heavy atom. The van der Waals surface area contributed by atoms with Gasteiger partial charge in [0.25, 0.3) is 0 Å². The third-order valence-corrected chi connectivity index (χ3v) is 4.37. The van der Waals surface area contributed by atoms with Gasteiger partial charge in [-0.25, -0.2) is 0 Å². The number of nitrogens with zero attached hydrogens (tertiary/aromatic N) is 2. The number of likely N-dealkylation sites (N-methyl/N-ethyl adjacent to an activating group) is 1. The van der Waals surface area contributed by atoms with E-state index in [1.165, 1.54) is 16.7 Å². The Morgan fingerprint density at radius 2 is 2.04 bits per heavy atom. The number of hydrogen-bond donors (Lipinski definition) is 2. The van der Waals surface area contributed by atoms with E-state index in [9.17, 15) is 0 Å². The number of para-hydroxylation sites is 1. The lowest BCUT2D eigenvalue weighted by Crippen LogP contribution is -2.37. The molecule has 2 rings (SSSR count). The second-order valence-electron chi connectivity index (χ2n) is 6.06. The molecule has 1 aromatic heterocycles. The van der Waals surface area contributed by atoms with Crippen molar-refractivity contribution in [1.29, 1.82) is 0 Å². The number of aromatic nitrogens is 1. The van der Waals surface area contributed by atoms with Gasteiger partial charge in [-0.05, 0) is 62.4 Å². The second-order valence-corrected chi connectivity index (χ2v) is 6.47. The maximum atomic E-state index is 5.50. The number of pyridine rings is 1. The van der Waals surface area contributed by atoms with Gasteiger partial charge in [-0.2, -0.15) is 0 Å². The van der Waals surface area contributed by atoms with E-state index in [0.717, 1.165) is 18.7 Å². The van der Waals surface area contributed by atoms with Gasteiger partial charge in [0.15, 0.2) is 5.11 Å². The number of anilines is 1. The van der Waals surface area contributed by atoms with Crippen molar-refractivity contribution < 1.29 is 0 Å². The van der Waals surface area contributed by atoms with Crippen LogP contribution in [0, 0.1) is 6.92 Å². The van der Waals surface area contributed by atoms with E-state index in [1.807, 2.05) is 12.3 Å². The summed E-state index contributed by atoms with van der Waals surface area (Å²) in [4.78, 5) is 6.38. The molecule has 0 spiro atoms. The predicted octanol–water partition coefficient (Wildman–Crippen LogP) is 3.54. The quantitative estimate of drug-likeness (QED) is 0.786. The summed E-state index contributed by atoms with van der Waals surface area (Å²) in [5.74, 6) is 0. The molecule has 128 valence electrons. The first kappa shape index (κ1) is 18.4. The number of benzene rings is 1. The summed E-state index contributed by atoms with van der Waals surface area (Å²) in [5.41, 5.74) is 4.76. The molecule has 2 aromatic rings. The van der Waals surface area contributed by atoms with Crippen molar-refractivity contribution in [2.24, 2.45) is 0 Å². The minimum atomic E-state index is 0.209. The number of nitrogens with one attached hydrogen (secondary N) is 2. The summed E-state index contributed by atoms with van der Waals surface area (Å²) in [7, 11) is 4.12. The zero-order valence-electron chi connectivity index (χ0n) is 14.8. The highest BCUT2D eigenvalue weighted by atomic mass is 32.1. The second kappa shape index (κ2) is 8.76. The summed E-state index contributed by atoms with van der Waals surface area (Å²) in [6.07, 6.45) is 4.67. The Labute approximate surface area is 150 Å². The molecule has 0 saturated carbocycles. The molecular formula is C19H26N4S. The molecule has 0 amide bonds. The van der Waals surface area contributed by atoms with Gasteiger partial charge >= 0.3 is 0 Å². The molecule has 1 aromatic carbocycles. The molecule has 0 aliphatic rings. The van der Waals surface area contributed by atoms with E-state index in [0.29, 0.717) is 5.11 Å². The van der Waals surface area contributed by atoms with Crippen LogP contribution in [0.25, 0.3) is 0 Å². The summed E-state index contributed by atoms with van der Waals surface area (Å²) in [6.45, 7) is 4.97. The van der Waals surface area contributed by atoms with Gasteiger partial charge in [0.1, 0.15) is 0 Å². The normalized spacial score (nSPS) is 12.0. The fourth-order valence-corrected chi connectivity index (χ4v) is 2.91. The highest BCUT2D eigenvalue weighted by molar-refractivity contribution is 7.80. The van der Waals surface area contributed by atoms with Gasteiger partial charge in [0, 0.05) is 24.6 Å². The number of aryl methyl sites for hydroxylation is 2. The minimum Gasteiger partial charge on any atom is -0.361 e. The predicted molar refractivity (Wildman–Crippen MR) is 105 cm³/mol. The van der Waals surface area contributed by atoms with Gasteiger partial charge in [-0.1, -0.05) is 31.2 Å². The molecule has 5 heteroatoms. The number of rotatable bonds is 6. The van der Waals surface area contributed by atoms with Crippen molar-refractivity contribution in [3.05, 3.63) is 59.4 Å². The maximum absolute atomic E-state index is 5.50. The SMILES string of the molecule is CCc1cccc(C)c1NC(=S)NC[C@H](c1cccnc1)N(C)C. The standard InChI is InChI=1S/C19H26N4S/c1-5-15-9-6-8-14(2)18(15)22-19(24)21-13-17(23(3)4)16-10-7-11-20-12-16/h6-12,17H,5,13H2,1-4H3,(H2,21,22,24)/t17-/m1/s1. The molecule has 2 N–H and O–H groups in total. The zero-order valence-corrected chi connectivity index (χ0v) is 15.7. The summed E-state index contributed by atoms with van der Waals surface area (Å²) in [6, 6.07) is 10.6. The van der Waals surface area contributed by atoms with Crippen molar-refractivity contribution in [3.8, 4) is 0 Å². The molecule has 24 heavy (non-hydrogen) atoms. The van der Waals surface area contributed by atoms with Crippen LogP contribution in [0.3, 0.4) is 0 Å². The topological polar surface area (TPSA) is 40.2 Å². The van der Waals surface area contributed by atoms with E-state index < -0.39 is 0 Å². The molecule has 0 fully saturated rings. The van der Waals surface area contributed by atoms with Crippen molar-refractivity contribution in [3.63, 3.8) is 0 Å². The van der Waals surface area contributed by atoms with Gasteiger partial charge in [-0.15, -0.1) is 0 Å². The first-order valence-corrected chi connectivity index (χ1v) is 8.63. The zero-order chi connectivity index (χ0) is 17.5. The van der Waals surface area contributed by atoms with Crippen LogP contribution in [0.15, 0.2) is 42.7 Å². The third kappa shape index (κ3) is 4.76. The lowest BCUT2D eigenvalue weighted by molar-refractivity contribution is 0.298. The van der Waals surface area contributed by atoms with E-state index in [-0.39, 0.29) is 6.04 Å². The number of thiocarbonyl (C=S) groups is 1. The average Bonchev–Trinajstić information content (AvgIpc) is 2.57. The van der Waals surface area contributed by atoms with E-state index in [4.69, 9.17) is 12.2 Å². The molecule has 0 radical (unpaired) electrons. The molecule has 0 aliphatic heterocycles. The fourth-order valence-electron chi connectivity index (χ4n) is 2.72. The van der Waals surface area contributed by atoms with Gasteiger partial charge in [-0.3, -0.25) is 4.98 Å². The molecular weight excluding hydrogens is 316 g/mol. The van der Waals surface area contributed by atoms with Crippen LogP contribution < -0.4 is 10.6 Å². The largest absolute Gasteiger partial charge is 0.361 e. The van der Waals surface area contributed by atoms with Crippen LogP contribution in [0.5, 0.6) is 0 Å². The highest BCUT2D eigenvalue weighted by Gasteiger charge is 2.15. The van der Waals surface area contributed by atoms with Crippen LogP contribution in [0.2, 0.25) is 0 Å². The van der Waals surface area contributed by atoms with E-state index in [1.54, 1.807) is 6.20 Å². The van der Waals surface area contributed by atoms with Crippen LogP contribution in [0.1, 0.15) is 29.7 Å². The molecule has 4 nitrogen and oxygen atoms in total. The minimum absolute atomic E-state index is 0.209. The van der Waals surface area contributed by atoms with Gasteiger partial charge in [0.2, 0.25) is 0 Å². The molecule has 0 unspecified atom stereocenters. The van der Waals surface area contributed by atoms with Crippen molar-refractivity contribution in [2.45, 2.75) is 26.3 Å². The number of hydrogen-bond acceptors (Lipinski definition) is 3. The lowest BCUT2D eigenvalue weighted by atomic mass is 10.1. The van der Waals surface area contributed by atoms with E-state index in [2.05, 4.69) is 72.7 Å². The Kier molecular flexibility index (Phi) is 6.70. The Balaban J connectivity index is 2.02. The van der Waals surface area contributed by atoms with Crippen LogP contribution in [-0.4, -0.2) is 35.6 Å². The van der Waals surface area contributed by atoms with E-state index >= 15 is 0 Å². The van der Waals surface area contributed by atoms with Crippen molar-refractivity contribution in [2.75, 3.05) is 26.0 Å². The lowest BCUT2D eigenvalue weighted by Gasteiger charge is -2.26. The Bertz CT molecular complexity index is 670. The maximum Gasteiger partial charge on any atom is 0.170 e.